The van der Waals surface area contributed by atoms with Crippen LogP contribution in [0.25, 0.3) is 0 Å². The first-order valence-corrected chi connectivity index (χ1v) is 3.10. The molecule has 4 nitrogen and oxygen atoms in total. The highest BCUT2D eigenvalue weighted by molar-refractivity contribution is 5.22. The zero-order chi connectivity index (χ0) is 7.98. The highest BCUT2D eigenvalue weighted by Crippen LogP contribution is 1.82. The van der Waals surface area contributed by atoms with Crippen molar-refractivity contribution in [2.75, 3.05) is 5.73 Å². The van der Waals surface area contributed by atoms with Gasteiger partial charge in [-0.2, -0.15) is 0 Å². The fourth-order valence-corrected chi connectivity index (χ4v) is 0.383. The van der Waals surface area contributed by atoms with Gasteiger partial charge in [0.1, 0.15) is 5.82 Å². The minimum Gasteiger partial charge on any atom is -0.385 e. The van der Waals surface area contributed by atoms with E-state index in [4.69, 9.17) is 5.73 Å². The van der Waals surface area contributed by atoms with E-state index in [0.29, 0.717) is 5.82 Å². The third-order valence-electron chi connectivity index (χ3n) is 0.697. The van der Waals surface area contributed by atoms with Gasteiger partial charge >= 0.3 is 5.69 Å². The number of nitrogens with two attached hydrogens (primary N) is 1. The summed E-state index contributed by atoms with van der Waals surface area (Å²) in [5.41, 5.74) is 4.75. The molecule has 0 radical (unpaired) electrons. The maximum Gasteiger partial charge on any atom is 0.346 e. The molecule has 10 heavy (non-hydrogen) atoms. The molecule has 1 rings (SSSR count). The topological polar surface area (TPSA) is 71.8 Å². The number of aromatic nitrogens is 2. The molecule has 0 amide bonds. The van der Waals surface area contributed by atoms with Crippen LogP contribution in [0, 0.1) is 0 Å². The Morgan fingerprint density at radius 1 is 1.60 bits per heavy atom. The van der Waals surface area contributed by atoms with Gasteiger partial charge in [0.2, 0.25) is 0 Å². The summed E-state index contributed by atoms with van der Waals surface area (Å²) in [5, 5.41) is 0. The molecule has 0 bridgehead atoms. The van der Waals surface area contributed by atoms with Crippen LogP contribution in [-0.4, -0.2) is 9.97 Å². The van der Waals surface area contributed by atoms with E-state index < -0.39 is 5.69 Å². The fraction of sp³-hybridized carbons (Fsp3) is 0.333. The highest BCUT2D eigenvalue weighted by Gasteiger charge is 1.80. The Morgan fingerprint density at radius 2 is 2.20 bits per heavy atom. The summed E-state index contributed by atoms with van der Waals surface area (Å²) < 4.78 is 0. The number of nitrogens with one attached hydrogen (secondary N) is 1. The summed E-state index contributed by atoms with van der Waals surface area (Å²) in [6, 6.07) is 1.52. The van der Waals surface area contributed by atoms with E-state index in [1.54, 1.807) is 0 Å². The van der Waals surface area contributed by atoms with Gasteiger partial charge in [-0.05, 0) is 6.07 Å². The Bertz CT molecular complexity index is 230. The van der Waals surface area contributed by atoms with Gasteiger partial charge in [0.25, 0.3) is 0 Å². The Morgan fingerprint density at radius 3 is 2.50 bits per heavy atom. The van der Waals surface area contributed by atoms with Gasteiger partial charge in [0.15, 0.2) is 0 Å². The summed E-state index contributed by atoms with van der Waals surface area (Å²) in [4.78, 5) is 15.9. The van der Waals surface area contributed by atoms with E-state index in [0.717, 1.165) is 0 Å². The molecule has 0 unspecified atom stereocenters. The van der Waals surface area contributed by atoms with Crippen molar-refractivity contribution in [1.29, 1.82) is 0 Å². The van der Waals surface area contributed by atoms with Crippen LogP contribution in [0.15, 0.2) is 17.1 Å². The zero-order valence-electron chi connectivity index (χ0n) is 6.09. The molecule has 0 aromatic carbocycles. The molecule has 0 atom stereocenters. The number of hydrogen-bond acceptors (Lipinski definition) is 3. The van der Waals surface area contributed by atoms with Gasteiger partial charge in [-0.25, -0.2) is 9.78 Å². The van der Waals surface area contributed by atoms with E-state index in [2.05, 4.69) is 9.97 Å². The van der Waals surface area contributed by atoms with Gasteiger partial charge in [0.05, 0.1) is 0 Å². The Hall–Kier alpha value is -1.32. The molecule has 4 heteroatoms. The first kappa shape index (κ1) is 8.68. The van der Waals surface area contributed by atoms with E-state index in [9.17, 15) is 4.79 Å². The number of aromatic amines is 1. The fourth-order valence-electron chi connectivity index (χ4n) is 0.383. The predicted octanol–water partition coefficient (Wildman–Crippen LogP) is 0.378. The Balaban J connectivity index is 0.000000371. The second kappa shape index (κ2) is 4.55. The molecule has 0 aliphatic rings. The summed E-state index contributed by atoms with van der Waals surface area (Å²) in [6.07, 6.45) is 1.36. The monoisotopic (exact) mass is 141 g/mol. The largest absolute Gasteiger partial charge is 0.385 e. The van der Waals surface area contributed by atoms with E-state index in [1.807, 2.05) is 13.8 Å². The molecule has 0 saturated carbocycles. The molecule has 0 aliphatic carbocycles. The number of anilines is 1. The molecule has 0 fully saturated rings. The van der Waals surface area contributed by atoms with Crippen molar-refractivity contribution in [3.8, 4) is 0 Å². The van der Waals surface area contributed by atoms with Crippen molar-refractivity contribution in [1.82, 2.24) is 9.97 Å². The second-order valence-electron chi connectivity index (χ2n) is 1.33. The summed E-state index contributed by atoms with van der Waals surface area (Å²) in [5.74, 6) is 0.338. The van der Waals surface area contributed by atoms with Gasteiger partial charge < -0.3 is 5.73 Å². The summed E-state index contributed by atoms with van der Waals surface area (Å²) in [7, 11) is 0. The molecular formula is C6H11N3O. The average Bonchev–Trinajstić information content (AvgIpc) is 1.91. The number of hydrogen-bond donors (Lipinski definition) is 2. The molecule has 1 heterocycles. The average molecular weight is 141 g/mol. The standard InChI is InChI=1S/C4H5N3O.C2H6/c5-3-1-2-6-4(8)7-3;1-2/h1-2H,(H3,5,6,7,8);1-2H3. The van der Waals surface area contributed by atoms with Gasteiger partial charge in [-0.3, -0.25) is 4.98 Å². The Labute approximate surface area is 59.1 Å². The van der Waals surface area contributed by atoms with E-state index in [1.165, 1.54) is 12.3 Å². The lowest BCUT2D eigenvalue weighted by Gasteiger charge is -1.84. The lowest BCUT2D eigenvalue weighted by atomic mass is 10.6. The first-order chi connectivity index (χ1) is 4.79. The van der Waals surface area contributed by atoms with E-state index in [-0.39, 0.29) is 0 Å². The lowest BCUT2D eigenvalue weighted by molar-refractivity contribution is 1.08. The van der Waals surface area contributed by atoms with Crippen molar-refractivity contribution in [2.45, 2.75) is 13.8 Å². The first-order valence-electron chi connectivity index (χ1n) is 3.10. The van der Waals surface area contributed by atoms with Crippen LogP contribution in [0.1, 0.15) is 13.8 Å². The molecule has 0 spiro atoms. The van der Waals surface area contributed by atoms with Crippen molar-refractivity contribution >= 4 is 5.82 Å². The number of rotatable bonds is 0. The summed E-state index contributed by atoms with van der Waals surface area (Å²) >= 11 is 0. The minimum atomic E-state index is -0.412. The van der Waals surface area contributed by atoms with Gasteiger partial charge in [0, 0.05) is 6.20 Å². The number of nitrogens with zero attached hydrogens (tertiary/aromatic N) is 1. The van der Waals surface area contributed by atoms with Crippen molar-refractivity contribution in [2.24, 2.45) is 0 Å². The van der Waals surface area contributed by atoms with Crippen LogP contribution in [0.3, 0.4) is 0 Å². The van der Waals surface area contributed by atoms with Gasteiger partial charge in [-0.1, -0.05) is 13.8 Å². The molecule has 56 valence electrons. The van der Waals surface area contributed by atoms with Crippen molar-refractivity contribution in [3.05, 3.63) is 22.7 Å². The third kappa shape index (κ3) is 2.86. The van der Waals surface area contributed by atoms with Crippen LogP contribution < -0.4 is 11.4 Å². The lowest BCUT2D eigenvalue weighted by Crippen LogP contribution is -2.10. The quantitative estimate of drug-likeness (QED) is 0.548. The van der Waals surface area contributed by atoms with E-state index >= 15 is 0 Å². The number of nitrogen functional groups attached to an aromatic ring is 1. The van der Waals surface area contributed by atoms with Crippen LogP contribution >= 0.6 is 0 Å². The second-order valence-corrected chi connectivity index (χ2v) is 1.33. The maximum absolute atomic E-state index is 10.2. The van der Waals surface area contributed by atoms with Gasteiger partial charge in [-0.15, -0.1) is 0 Å². The molecule has 0 aliphatic heterocycles. The third-order valence-corrected chi connectivity index (χ3v) is 0.697. The van der Waals surface area contributed by atoms with Crippen LogP contribution in [-0.2, 0) is 0 Å². The van der Waals surface area contributed by atoms with Crippen LogP contribution in [0.2, 0.25) is 0 Å². The highest BCUT2D eigenvalue weighted by atomic mass is 16.1. The van der Waals surface area contributed by atoms with Crippen molar-refractivity contribution in [3.63, 3.8) is 0 Å². The smallest absolute Gasteiger partial charge is 0.346 e. The predicted molar refractivity (Wildman–Crippen MR) is 40.6 cm³/mol. The molecule has 3 N–H and O–H groups in total. The number of H-pyrrole nitrogens is 1. The SMILES string of the molecule is CC.Nc1ccnc(=O)[nH]1. The molecular weight excluding hydrogens is 130 g/mol. The normalized spacial score (nSPS) is 7.80. The zero-order valence-corrected chi connectivity index (χ0v) is 6.09. The van der Waals surface area contributed by atoms with Crippen LogP contribution in [0.5, 0.6) is 0 Å². The Kier molecular flexibility index (Phi) is 3.95. The molecule has 0 saturated heterocycles. The maximum atomic E-state index is 10.2. The summed E-state index contributed by atoms with van der Waals surface area (Å²) in [6.45, 7) is 4.00. The minimum absolute atomic E-state index is 0.338. The van der Waals surface area contributed by atoms with Crippen molar-refractivity contribution < 1.29 is 0 Å². The van der Waals surface area contributed by atoms with Crippen LogP contribution in [0.4, 0.5) is 5.82 Å². The molecule has 1 aromatic heterocycles. The molecule has 1 aromatic rings.